The van der Waals surface area contributed by atoms with Gasteiger partial charge in [-0.05, 0) is 36.3 Å². The first-order valence-electron chi connectivity index (χ1n) is 6.49. The molecule has 3 rings (SSSR count). The predicted octanol–water partition coefficient (Wildman–Crippen LogP) is 1.35. The van der Waals surface area contributed by atoms with Crippen molar-refractivity contribution < 1.29 is 9.90 Å². The molecule has 0 saturated carbocycles. The number of aromatic nitrogens is 4. The molecule has 1 aliphatic heterocycles. The van der Waals surface area contributed by atoms with Crippen molar-refractivity contribution in [1.29, 1.82) is 5.26 Å². The molecule has 8 heteroatoms. The average Bonchev–Trinajstić information content (AvgIpc) is 3.15. The molecule has 1 fully saturated rings. The third kappa shape index (κ3) is 2.41. The Hall–Kier alpha value is -2.95. The van der Waals surface area contributed by atoms with E-state index in [1.807, 2.05) is 6.07 Å². The Balaban J connectivity index is 1.89. The number of hydrogen-bond donors (Lipinski definition) is 1. The summed E-state index contributed by atoms with van der Waals surface area (Å²) < 4.78 is 0. The number of amides is 1. The maximum Gasteiger partial charge on any atom is 0.407 e. The summed E-state index contributed by atoms with van der Waals surface area (Å²) in [6.07, 6.45) is 0.506. The Labute approximate surface area is 120 Å². The van der Waals surface area contributed by atoms with Crippen LogP contribution in [0.1, 0.15) is 30.3 Å². The molecule has 0 unspecified atom stereocenters. The van der Waals surface area contributed by atoms with Crippen LogP contribution < -0.4 is 0 Å². The molecule has 2 heterocycles. The summed E-state index contributed by atoms with van der Waals surface area (Å²) in [4.78, 5) is 13.8. The van der Waals surface area contributed by atoms with Crippen LogP contribution in [0.25, 0.3) is 5.69 Å². The predicted molar refractivity (Wildman–Crippen MR) is 70.6 cm³/mol. The molecular weight excluding hydrogens is 272 g/mol. The smallest absolute Gasteiger partial charge is 0.407 e. The molecule has 1 aliphatic rings. The highest BCUT2D eigenvalue weighted by molar-refractivity contribution is 5.65. The van der Waals surface area contributed by atoms with Crippen molar-refractivity contribution in [2.75, 3.05) is 6.54 Å². The molecule has 1 aromatic carbocycles. The van der Waals surface area contributed by atoms with Gasteiger partial charge in [0.2, 0.25) is 0 Å². The SMILES string of the molecule is N#Cc1cccc(-n2nnc([C@H]3CCCN3C(=O)O)n2)c1. The largest absolute Gasteiger partial charge is 0.465 e. The average molecular weight is 284 g/mol. The van der Waals surface area contributed by atoms with Gasteiger partial charge in [-0.2, -0.15) is 5.26 Å². The maximum atomic E-state index is 11.2. The molecule has 1 N–H and O–H groups in total. The van der Waals surface area contributed by atoms with Crippen LogP contribution in [0, 0.1) is 11.3 Å². The summed E-state index contributed by atoms with van der Waals surface area (Å²) in [5.41, 5.74) is 1.12. The fourth-order valence-corrected chi connectivity index (χ4v) is 2.43. The number of benzene rings is 1. The summed E-state index contributed by atoms with van der Waals surface area (Å²) in [6, 6.07) is 8.52. The van der Waals surface area contributed by atoms with Gasteiger partial charge in [0.25, 0.3) is 0 Å². The van der Waals surface area contributed by atoms with E-state index < -0.39 is 6.09 Å². The molecule has 1 aromatic heterocycles. The molecule has 0 bridgehead atoms. The standard InChI is InChI=1S/C13H12N6O2/c14-8-9-3-1-4-10(7-9)19-16-12(15-17-19)11-5-2-6-18(11)13(20)21/h1,3-4,7,11H,2,5-6H2,(H,20,21)/t11-/m1/s1. The third-order valence-electron chi connectivity index (χ3n) is 3.43. The minimum Gasteiger partial charge on any atom is -0.465 e. The quantitative estimate of drug-likeness (QED) is 0.891. The van der Waals surface area contributed by atoms with E-state index in [1.165, 1.54) is 9.70 Å². The van der Waals surface area contributed by atoms with Crippen LogP contribution in [-0.2, 0) is 0 Å². The zero-order chi connectivity index (χ0) is 14.8. The first-order valence-corrected chi connectivity index (χ1v) is 6.49. The molecule has 106 valence electrons. The first kappa shape index (κ1) is 13.1. The van der Waals surface area contributed by atoms with E-state index in [4.69, 9.17) is 10.4 Å². The molecule has 1 amide bonds. The van der Waals surface area contributed by atoms with Gasteiger partial charge in [0.15, 0.2) is 5.82 Å². The zero-order valence-electron chi connectivity index (χ0n) is 11.0. The molecule has 1 saturated heterocycles. The second kappa shape index (κ2) is 5.20. The van der Waals surface area contributed by atoms with Crippen molar-refractivity contribution >= 4 is 6.09 Å². The van der Waals surface area contributed by atoms with Crippen LogP contribution >= 0.6 is 0 Å². The second-order valence-electron chi connectivity index (χ2n) is 4.73. The van der Waals surface area contributed by atoms with Gasteiger partial charge in [0.1, 0.15) is 0 Å². The summed E-state index contributed by atoms with van der Waals surface area (Å²) in [5.74, 6) is 0.386. The van der Waals surface area contributed by atoms with E-state index in [0.717, 1.165) is 6.42 Å². The lowest BCUT2D eigenvalue weighted by Gasteiger charge is -2.17. The number of tetrazole rings is 1. The Bertz CT molecular complexity index is 719. The Kier molecular flexibility index (Phi) is 3.23. The lowest BCUT2D eigenvalue weighted by atomic mass is 10.2. The van der Waals surface area contributed by atoms with E-state index in [9.17, 15) is 4.79 Å². The van der Waals surface area contributed by atoms with Gasteiger partial charge in [0, 0.05) is 6.54 Å². The van der Waals surface area contributed by atoms with Gasteiger partial charge in [0.05, 0.1) is 23.4 Å². The number of carboxylic acid groups (broad SMARTS) is 1. The van der Waals surface area contributed by atoms with Gasteiger partial charge in [-0.3, -0.25) is 4.90 Å². The lowest BCUT2D eigenvalue weighted by molar-refractivity contribution is 0.138. The summed E-state index contributed by atoms with van der Waals surface area (Å²) in [6.45, 7) is 0.485. The van der Waals surface area contributed by atoms with E-state index in [1.54, 1.807) is 24.3 Å². The molecule has 1 atom stereocenters. The second-order valence-corrected chi connectivity index (χ2v) is 4.73. The summed E-state index contributed by atoms with van der Waals surface area (Å²) >= 11 is 0. The normalized spacial score (nSPS) is 17.7. The number of hydrogen-bond acceptors (Lipinski definition) is 5. The van der Waals surface area contributed by atoms with Crippen molar-refractivity contribution in [3.63, 3.8) is 0 Å². The molecule has 0 aliphatic carbocycles. The molecule has 0 radical (unpaired) electrons. The molecule has 8 nitrogen and oxygen atoms in total. The van der Waals surface area contributed by atoms with Gasteiger partial charge < -0.3 is 5.11 Å². The van der Waals surface area contributed by atoms with Crippen LogP contribution in [0.4, 0.5) is 4.79 Å². The van der Waals surface area contributed by atoms with Crippen LogP contribution in [0.5, 0.6) is 0 Å². The summed E-state index contributed by atoms with van der Waals surface area (Å²) in [5, 5.41) is 30.2. The highest BCUT2D eigenvalue weighted by Crippen LogP contribution is 2.29. The van der Waals surface area contributed by atoms with Gasteiger partial charge in [-0.15, -0.1) is 15.0 Å². The molecule has 2 aromatic rings. The fourth-order valence-electron chi connectivity index (χ4n) is 2.43. The lowest BCUT2D eigenvalue weighted by Crippen LogP contribution is -2.29. The summed E-state index contributed by atoms with van der Waals surface area (Å²) in [7, 11) is 0. The third-order valence-corrected chi connectivity index (χ3v) is 3.43. The van der Waals surface area contributed by atoms with Crippen molar-refractivity contribution in [2.24, 2.45) is 0 Å². The highest BCUT2D eigenvalue weighted by atomic mass is 16.4. The Morgan fingerprint density at radius 2 is 2.33 bits per heavy atom. The number of nitriles is 1. The van der Waals surface area contributed by atoms with Gasteiger partial charge in [-0.25, -0.2) is 4.79 Å². The highest BCUT2D eigenvalue weighted by Gasteiger charge is 2.33. The molecular formula is C13H12N6O2. The van der Waals surface area contributed by atoms with Crippen LogP contribution in [-0.4, -0.2) is 42.9 Å². The Morgan fingerprint density at radius 1 is 1.48 bits per heavy atom. The van der Waals surface area contributed by atoms with E-state index >= 15 is 0 Å². The minimum atomic E-state index is -0.972. The van der Waals surface area contributed by atoms with Gasteiger partial charge >= 0.3 is 6.09 Å². The topological polar surface area (TPSA) is 108 Å². The van der Waals surface area contributed by atoms with E-state index in [2.05, 4.69) is 15.4 Å². The molecule has 0 spiro atoms. The minimum absolute atomic E-state index is 0.351. The van der Waals surface area contributed by atoms with Crippen molar-refractivity contribution in [1.82, 2.24) is 25.1 Å². The number of rotatable bonds is 2. The van der Waals surface area contributed by atoms with E-state index in [-0.39, 0.29) is 6.04 Å². The van der Waals surface area contributed by atoms with Crippen molar-refractivity contribution in [3.05, 3.63) is 35.7 Å². The number of carbonyl (C=O) groups is 1. The zero-order valence-corrected chi connectivity index (χ0v) is 11.0. The molecule has 21 heavy (non-hydrogen) atoms. The van der Waals surface area contributed by atoms with Crippen molar-refractivity contribution in [2.45, 2.75) is 18.9 Å². The maximum absolute atomic E-state index is 11.2. The van der Waals surface area contributed by atoms with Crippen molar-refractivity contribution in [3.8, 4) is 11.8 Å². The number of nitrogens with zero attached hydrogens (tertiary/aromatic N) is 6. The van der Waals surface area contributed by atoms with Gasteiger partial charge in [-0.1, -0.05) is 6.07 Å². The van der Waals surface area contributed by atoms with Crippen LogP contribution in [0.2, 0.25) is 0 Å². The Morgan fingerprint density at radius 3 is 3.10 bits per heavy atom. The first-order chi connectivity index (χ1) is 10.2. The van der Waals surface area contributed by atoms with Crippen LogP contribution in [0.15, 0.2) is 24.3 Å². The monoisotopic (exact) mass is 284 g/mol. The van der Waals surface area contributed by atoms with E-state index in [0.29, 0.717) is 30.0 Å². The fraction of sp³-hybridized carbons (Fsp3) is 0.308. The van der Waals surface area contributed by atoms with Crippen LogP contribution in [0.3, 0.4) is 0 Å². The number of likely N-dealkylation sites (tertiary alicyclic amines) is 1.